The van der Waals surface area contributed by atoms with Crippen molar-refractivity contribution in [2.24, 2.45) is 7.05 Å². The molecule has 16 heavy (non-hydrogen) atoms. The van der Waals surface area contributed by atoms with Gasteiger partial charge in [-0.1, -0.05) is 6.92 Å². The predicted molar refractivity (Wildman–Crippen MR) is 63.5 cm³/mol. The molecule has 0 spiro atoms. The molecule has 0 bridgehead atoms. The Balaban J connectivity index is 2.67. The Morgan fingerprint density at radius 2 is 2.19 bits per heavy atom. The Morgan fingerprint density at radius 3 is 2.75 bits per heavy atom. The van der Waals surface area contributed by atoms with Gasteiger partial charge in [-0.25, -0.2) is 0 Å². The van der Waals surface area contributed by atoms with E-state index < -0.39 is 0 Å². The van der Waals surface area contributed by atoms with Gasteiger partial charge in [-0.05, 0) is 31.6 Å². The van der Waals surface area contributed by atoms with Crippen LogP contribution < -0.4 is 0 Å². The van der Waals surface area contributed by atoms with Crippen molar-refractivity contribution in [1.29, 1.82) is 0 Å². The molecule has 1 N–H and O–H groups in total. The van der Waals surface area contributed by atoms with Crippen LogP contribution in [0.3, 0.4) is 0 Å². The topological polar surface area (TPSA) is 59.4 Å². The van der Waals surface area contributed by atoms with Crippen LogP contribution in [0.1, 0.15) is 18.3 Å². The normalized spacial score (nSPS) is 10.7. The van der Waals surface area contributed by atoms with Crippen LogP contribution in [0.5, 0.6) is 0 Å². The number of hydrogen-bond donors (Lipinski definition) is 1. The van der Waals surface area contributed by atoms with E-state index >= 15 is 0 Å². The lowest BCUT2D eigenvalue weighted by molar-refractivity contribution is 0.868. The minimum Gasteiger partial charge on any atom is -0.303 e. The van der Waals surface area contributed by atoms with E-state index in [1.54, 1.807) is 0 Å². The summed E-state index contributed by atoms with van der Waals surface area (Å²) in [4.78, 5) is 0. The Morgan fingerprint density at radius 1 is 1.44 bits per heavy atom. The van der Waals surface area contributed by atoms with Gasteiger partial charge in [0.05, 0.1) is 11.4 Å². The lowest BCUT2D eigenvalue weighted by atomic mass is 10.1. The number of rotatable bonds is 2. The number of aromatic nitrogens is 5. The summed E-state index contributed by atoms with van der Waals surface area (Å²) in [6, 6.07) is 1.98. The zero-order chi connectivity index (χ0) is 11.7. The van der Waals surface area contributed by atoms with Crippen molar-refractivity contribution in [3.05, 3.63) is 22.2 Å². The highest BCUT2D eigenvalue weighted by atomic mass is 32.1. The minimum atomic E-state index is 0.603. The maximum absolute atomic E-state index is 5.10. The fourth-order valence-electron chi connectivity index (χ4n) is 1.56. The summed E-state index contributed by atoms with van der Waals surface area (Å²) < 4.78 is 2.44. The van der Waals surface area contributed by atoms with Crippen LogP contribution >= 0.6 is 12.2 Å². The molecule has 0 saturated heterocycles. The highest BCUT2D eigenvalue weighted by molar-refractivity contribution is 7.71. The van der Waals surface area contributed by atoms with Gasteiger partial charge in [-0.15, -0.1) is 0 Å². The molecule has 2 heterocycles. The highest BCUT2D eigenvalue weighted by Crippen LogP contribution is 2.20. The molecule has 0 radical (unpaired) electrons. The van der Waals surface area contributed by atoms with Crippen molar-refractivity contribution in [2.45, 2.75) is 20.3 Å². The van der Waals surface area contributed by atoms with Crippen LogP contribution in [0, 0.1) is 11.7 Å². The first-order chi connectivity index (χ1) is 7.63. The first-order valence-electron chi connectivity index (χ1n) is 5.08. The van der Waals surface area contributed by atoms with Gasteiger partial charge in [0, 0.05) is 12.6 Å². The number of aromatic amines is 1. The molecular weight excluding hydrogens is 222 g/mol. The van der Waals surface area contributed by atoms with Crippen LogP contribution in [-0.2, 0) is 13.5 Å². The zero-order valence-electron chi connectivity index (χ0n) is 9.48. The molecule has 0 unspecified atom stereocenters. The van der Waals surface area contributed by atoms with E-state index in [0.29, 0.717) is 4.77 Å². The van der Waals surface area contributed by atoms with Crippen LogP contribution in [0.25, 0.3) is 11.4 Å². The third kappa shape index (κ3) is 1.76. The molecule has 6 heteroatoms. The van der Waals surface area contributed by atoms with Gasteiger partial charge >= 0.3 is 0 Å². The number of nitrogens with one attached hydrogen (secondary N) is 1. The third-order valence-electron chi connectivity index (χ3n) is 2.45. The van der Waals surface area contributed by atoms with E-state index in [-0.39, 0.29) is 0 Å². The van der Waals surface area contributed by atoms with E-state index in [0.717, 1.165) is 29.2 Å². The summed E-state index contributed by atoms with van der Waals surface area (Å²) in [5.41, 5.74) is 2.80. The van der Waals surface area contributed by atoms with Crippen LogP contribution in [0.15, 0.2) is 6.07 Å². The second-order valence-electron chi connectivity index (χ2n) is 3.61. The first kappa shape index (κ1) is 10.9. The third-order valence-corrected chi connectivity index (χ3v) is 2.81. The fourth-order valence-corrected chi connectivity index (χ4v) is 1.69. The highest BCUT2D eigenvalue weighted by Gasteiger charge is 2.11. The molecule has 0 atom stereocenters. The second kappa shape index (κ2) is 4.13. The minimum absolute atomic E-state index is 0.603. The predicted octanol–water partition coefficient (Wildman–Crippen LogP) is 1.81. The maximum Gasteiger partial charge on any atom is 0.195 e. The van der Waals surface area contributed by atoms with Gasteiger partial charge < -0.3 is 4.57 Å². The van der Waals surface area contributed by atoms with Gasteiger partial charge in [-0.2, -0.15) is 15.3 Å². The molecule has 0 amide bonds. The molecule has 0 aliphatic heterocycles. The van der Waals surface area contributed by atoms with E-state index in [9.17, 15) is 0 Å². The van der Waals surface area contributed by atoms with Crippen LogP contribution in [0.4, 0.5) is 0 Å². The van der Waals surface area contributed by atoms with Gasteiger partial charge in [-0.3, -0.25) is 5.10 Å². The summed E-state index contributed by atoms with van der Waals surface area (Å²) in [6.07, 6.45) is 0.822. The van der Waals surface area contributed by atoms with Crippen LogP contribution in [0.2, 0.25) is 0 Å². The number of H-pyrrole nitrogens is 1. The van der Waals surface area contributed by atoms with Gasteiger partial charge in [0.1, 0.15) is 0 Å². The van der Waals surface area contributed by atoms with E-state index in [4.69, 9.17) is 12.2 Å². The Kier molecular flexibility index (Phi) is 2.82. The maximum atomic E-state index is 5.10. The van der Waals surface area contributed by atoms with E-state index in [1.165, 1.54) is 0 Å². The zero-order valence-corrected chi connectivity index (χ0v) is 10.3. The molecule has 2 rings (SSSR count). The van der Waals surface area contributed by atoms with Crippen molar-refractivity contribution < 1.29 is 0 Å². The van der Waals surface area contributed by atoms with Crippen molar-refractivity contribution in [3.8, 4) is 11.4 Å². The lowest BCUT2D eigenvalue weighted by Crippen LogP contribution is -2.01. The SMILES string of the molecule is CCc1nnc(C)cc1-c1n[nH]c(=S)n1C. The number of aryl methyl sites for hydroxylation is 2. The molecule has 2 aromatic heterocycles. The van der Waals surface area contributed by atoms with Crippen molar-refractivity contribution >= 4 is 12.2 Å². The molecule has 0 fully saturated rings. The quantitative estimate of drug-likeness (QED) is 0.806. The summed E-state index contributed by atoms with van der Waals surface area (Å²) in [5.74, 6) is 0.805. The molecule has 84 valence electrons. The van der Waals surface area contributed by atoms with Gasteiger partial charge in [0.15, 0.2) is 10.6 Å². The second-order valence-corrected chi connectivity index (χ2v) is 4.00. The monoisotopic (exact) mass is 235 g/mol. The van der Waals surface area contributed by atoms with Gasteiger partial charge in [0.25, 0.3) is 0 Å². The lowest BCUT2D eigenvalue weighted by Gasteiger charge is -2.05. The van der Waals surface area contributed by atoms with E-state index in [2.05, 4.69) is 20.4 Å². The number of nitrogens with zero attached hydrogens (tertiary/aromatic N) is 4. The summed E-state index contributed by atoms with van der Waals surface area (Å²) in [7, 11) is 1.89. The molecule has 2 aromatic rings. The molecule has 0 saturated carbocycles. The standard InChI is InChI=1S/C10H13N5S/c1-4-8-7(5-6(2)11-12-8)9-13-14-10(16)15(9)3/h5H,4H2,1-3H3,(H,14,16). The molecule has 0 aliphatic carbocycles. The smallest absolute Gasteiger partial charge is 0.195 e. The molecule has 0 aromatic carbocycles. The van der Waals surface area contributed by atoms with Crippen LogP contribution in [-0.4, -0.2) is 25.0 Å². The molecule has 0 aliphatic rings. The largest absolute Gasteiger partial charge is 0.303 e. The Bertz CT molecular complexity index is 569. The Labute approximate surface area is 98.5 Å². The van der Waals surface area contributed by atoms with Crippen molar-refractivity contribution in [1.82, 2.24) is 25.0 Å². The summed E-state index contributed by atoms with van der Waals surface area (Å²) in [6.45, 7) is 3.96. The summed E-state index contributed by atoms with van der Waals surface area (Å²) >= 11 is 5.10. The average molecular weight is 235 g/mol. The van der Waals surface area contributed by atoms with Crippen molar-refractivity contribution in [2.75, 3.05) is 0 Å². The molecular formula is C10H13N5S. The Hall–Kier alpha value is -1.56. The van der Waals surface area contributed by atoms with E-state index in [1.807, 2.05) is 31.5 Å². The fraction of sp³-hybridized carbons (Fsp3) is 0.400. The summed E-state index contributed by atoms with van der Waals surface area (Å²) in [5, 5.41) is 15.2. The average Bonchev–Trinajstić information content (AvgIpc) is 2.60. The van der Waals surface area contributed by atoms with Gasteiger partial charge in [0.2, 0.25) is 0 Å². The molecule has 5 nitrogen and oxygen atoms in total. The number of hydrogen-bond acceptors (Lipinski definition) is 4. The van der Waals surface area contributed by atoms with Crippen molar-refractivity contribution in [3.63, 3.8) is 0 Å². The first-order valence-corrected chi connectivity index (χ1v) is 5.49.